The Balaban J connectivity index is 1.45. The van der Waals surface area contributed by atoms with Crippen LogP contribution in [0.5, 0.6) is 0 Å². The zero-order valence-electron chi connectivity index (χ0n) is 21.2. The van der Waals surface area contributed by atoms with Crippen LogP contribution in [0, 0.1) is 5.41 Å². The highest BCUT2D eigenvalue weighted by Gasteiger charge is 2.19. The van der Waals surface area contributed by atoms with Crippen LogP contribution >= 0.6 is 11.8 Å². The summed E-state index contributed by atoms with van der Waals surface area (Å²) in [5.74, 6) is 0.479. The summed E-state index contributed by atoms with van der Waals surface area (Å²) in [7, 11) is 0. The normalized spacial score (nSPS) is 13.5. The summed E-state index contributed by atoms with van der Waals surface area (Å²) in [5.41, 5.74) is 5.26. The van der Waals surface area contributed by atoms with Crippen LogP contribution in [0.2, 0.25) is 0 Å². The molecular weight excluding hydrogens is 476 g/mol. The van der Waals surface area contributed by atoms with E-state index in [-0.39, 0.29) is 17.3 Å². The van der Waals surface area contributed by atoms with E-state index in [2.05, 4.69) is 17.6 Å². The van der Waals surface area contributed by atoms with Crippen molar-refractivity contribution >= 4 is 50.8 Å². The summed E-state index contributed by atoms with van der Waals surface area (Å²) in [6, 6.07) is 21.6. The highest BCUT2D eigenvalue weighted by molar-refractivity contribution is 7.99. The molecule has 4 aromatic rings. The van der Waals surface area contributed by atoms with E-state index in [0.717, 1.165) is 57.2 Å². The van der Waals surface area contributed by atoms with E-state index >= 15 is 0 Å². The van der Waals surface area contributed by atoms with E-state index in [1.54, 1.807) is 11.8 Å². The third kappa shape index (κ3) is 4.96. The quantitative estimate of drug-likeness (QED) is 0.142. The first-order valence-electron chi connectivity index (χ1n) is 12.7. The number of thioether (sulfide) groups is 1. The van der Waals surface area contributed by atoms with Crippen molar-refractivity contribution in [2.24, 2.45) is 0 Å². The predicted octanol–water partition coefficient (Wildman–Crippen LogP) is 8.05. The summed E-state index contributed by atoms with van der Waals surface area (Å²) in [6.07, 6.45) is 6.30. The van der Waals surface area contributed by atoms with Gasteiger partial charge in [-0.15, -0.1) is 11.8 Å². The Kier molecular flexibility index (Phi) is 7.24. The molecule has 0 unspecified atom stereocenters. The SMILES string of the molecule is CCn1c2ccc(C(=O)C(=N)CCSc3ccccc3)cc2c2cc(C(=O)C3=C(C)CCC=C3)ccc21. The lowest BCUT2D eigenvalue weighted by atomic mass is 9.92. The zero-order valence-corrected chi connectivity index (χ0v) is 22.0. The largest absolute Gasteiger partial charge is 0.341 e. The highest BCUT2D eigenvalue weighted by atomic mass is 32.2. The molecule has 37 heavy (non-hydrogen) atoms. The van der Waals surface area contributed by atoms with Crippen molar-refractivity contribution in [2.45, 2.75) is 44.6 Å². The van der Waals surface area contributed by atoms with Crippen molar-refractivity contribution in [1.82, 2.24) is 4.57 Å². The first-order valence-corrected chi connectivity index (χ1v) is 13.7. The molecule has 0 spiro atoms. The third-order valence-electron chi connectivity index (χ3n) is 7.02. The highest BCUT2D eigenvalue weighted by Crippen LogP contribution is 2.32. The predicted molar refractivity (Wildman–Crippen MR) is 154 cm³/mol. The molecule has 0 aliphatic heterocycles. The molecule has 0 amide bonds. The Morgan fingerprint density at radius 2 is 1.62 bits per heavy atom. The molecule has 1 aromatic heterocycles. The van der Waals surface area contributed by atoms with Crippen molar-refractivity contribution < 1.29 is 9.59 Å². The Labute approximate surface area is 221 Å². The minimum atomic E-state index is -0.242. The Morgan fingerprint density at radius 1 is 0.946 bits per heavy atom. The number of benzene rings is 3. The van der Waals surface area contributed by atoms with E-state index in [4.69, 9.17) is 5.41 Å². The number of allylic oxidation sites excluding steroid dienone is 4. The summed E-state index contributed by atoms with van der Waals surface area (Å²) in [5, 5.41) is 10.3. The van der Waals surface area contributed by atoms with Crippen LogP contribution in [0.15, 0.2) is 94.9 Å². The number of ketones is 2. The van der Waals surface area contributed by atoms with Gasteiger partial charge in [-0.25, -0.2) is 0 Å². The Bertz CT molecular complexity index is 1590. The maximum Gasteiger partial charge on any atom is 0.206 e. The van der Waals surface area contributed by atoms with Gasteiger partial charge in [-0.1, -0.05) is 35.9 Å². The fourth-order valence-corrected chi connectivity index (χ4v) is 5.90. The summed E-state index contributed by atoms with van der Waals surface area (Å²) < 4.78 is 2.21. The third-order valence-corrected chi connectivity index (χ3v) is 8.03. The molecule has 0 radical (unpaired) electrons. The van der Waals surface area contributed by atoms with Crippen molar-refractivity contribution in [3.8, 4) is 0 Å². The summed E-state index contributed by atoms with van der Waals surface area (Å²) in [4.78, 5) is 27.6. The lowest BCUT2D eigenvalue weighted by Crippen LogP contribution is -2.14. The molecule has 4 nitrogen and oxygen atoms in total. The average molecular weight is 507 g/mol. The second-order valence-electron chi connectivity index (χ2n) is 9.39. The van der Waals surface area contributed by atoms with Gasteiger partial charge in [0.25, 0.3) is 0 Å². The molecule has 1 N–H and O–H groups in total. The van der Waals surface area contributed by atoms with Gasteiger partial charge in [0.2, 0.25) is 5.78 Å². The lowest BCUT2D eigenvalue weighted by molar-refractivity contribution is 0.103. The van der Waals surface area contributed by atoms with Gasteiger partial charge in [0.05, 0.1) is 5.71 Å². The van der Waals surface area contributed by atoms with Crippen LogP contribution in [0.3, 0.4) is 0 Å². The maximum absolute atomic E-state index is 13.3. The number of carbonyl (C=O) groups is 2. The van der Waals surface area contributed by atoms with Crippen LogP contribution in [-0.4, -0.2) is 27.6 Å². The number of aromatic nitrogens is 1. The number of hydrogen-bond donors (Lipinski definition) is 1. The van der Waals surface area contributed by atoms with Gasteiger partial charge in [0.1, 0.15) is 0 Å². The van der Waals surface area contributed by atoms with Crippen molar-refractivity contribution in [2.75, 3.05) is 5.75 Å². The topological polar surface area (TPSA) is 62.9 Å². The maximum atomic E-state index is 13.3. The van der Waals surface area contributed by atoms with Gasteiger partial charge < -0.3 is 9.98 Å². The fourth-order valence-electron chi connectivity index (χ4n) is 5.01. The van der Waals surface area contributed by atoms with E-state index in [1.165, 1.54) is 0 Å². The van der Waals surface area contributed by atoms with Crippen LogP contribution in [0.4, 0.5) is 0 Å². The standard InChI is InChI=1S/C32H30N2O2S/c1-3-34-29-15-13-22(31(35)25-12-8-7-9-21(25)2)19-26(29)27-20-23(14-16-30(27)34)32(36)28(33)17-18-37-24-10-5-4-6-11-24/h4-6,8,10-16,19-20,33H,3,7,9,17-18H2,1-2H3. The average Bonchev–Trinajstić information content (AvgIpc) is 3.25. The smallest absolute Gasteiger partial charge is 0.206 e. The molecule has 0 saturated heterocycles. The molecule has 1 heterocycles. The van der Waals surface area contributed by atoms with Gasteiger partial charge in [0.15, 0.2) is 5.78 Å². The van der Waals surface area contributed by atoms with E-state index in [1.807, 2.05) is 79.7 Å². The van der Waals surface area contributed by atoms with Crippen molar-refractivity contribution in [1.29, 1.82) is 5.41 Å². The minimum Gasteiger partial charge on any atom is -0.341 e. The van der Waals surface area contributed by atoms with E-state index < -0.39 is 0 Å². The molecule has 0 fully saturated rings. The number of rotatable bonds is 9. The number of carbonyl (C=O) groups excluding carboxylic acids is 2. The summed E-state index contributed by atoms with van der Waals surface area (Å²) in [6.45, 7) is 4.90. The van der Waals surface area contributed by atoms with Crippen LogP contribution in [0.1, 0.15) is 53.8 Å². The number of nitrogens with zero attached hydrogens (tertiary/aromatic N) is 1. The van der Waals surface area contributed by atoms with Crippen LogP contribution < -0.4 is 0 Å². The molecule has 5 heteroatoms. The Hall–Kier alpha value is -3.70. The van der Waals surface area contributed by atoms with Gasteiger partial charge in [-0.2, -0.15) is 0 Å². The van der Waals surface area contributed by atoms with Gasteiger partial charge >= 0.3 is 0 Å². The number of aryl methyl sites for hydroxylation is 1. The lowest BCUT2D eigenvalue weighted by Gasteiger charge is -2.12. The molecule has 1 aliphatic rings. The second kappa shape index (κ2) is 10.7. The van der Waals surface area contributed by atoms with E-state index in [0.29, 0.717) is 23.3 Å². The first-order chi connectivity index (χ1) is 18.0. The zero-order chi connectivity index (χ0) is 25.9. The number of Topliss-reactive ketones (excluding diaryl/α,β-unsaturated/α-hetero) is 2. The molecule has 186 valence electrons. The monoisotopic (exact) mass is 506 g/mol. The molecule has 5 rings (SSSR count). The van der Waals surface area contributed by atoms with Crippen molar-refractivity contribution in [3.05, 3.63) is 101 Å². The van der Waals surface area contributed by atoms with Crippen molar-refractivity contribution in [3.63, 3.8) is 0 Å². The summed E-state index contributed by atoms with van der Waals surface area (Å²) >= 11 is 1.65. The second-order valence-corrected chi connectivity index (χ2v) is 10.6. The van der Waals surface area contributed by atoms with Gasteiger partial charge in [-0.05, 0) is 75.2 Å². The van der Waals surface area contributed by atoms with Crippen LogP contribution in [0.25, 0.3) is 21.8 Å². The minimum absolute atomic E-state index is 0.0395. The number of fused-ring (bicyclic) bond motifs is 3. The fraction of sp³-hybridized carbons (Fsp3) is 0.219. The van der Waals surface area contributed by atoms with Crippen LogP contribution in [-0.2, 0) is 6.54 Å². The number of nitrogens with one attached hydrogen (secondary N) is 1. The van der Waals surface area contributed by atoms with Gasteiger partial charge in [0, 0.05) is 62.1 Å². The molecule has 1 aliphatic carbocycles. The number of hydrogen-bond acceptors (Lipinski definition) is 4. The Morgan fingerprint density at radius 3 is 2.30 bits per heavy atom. The molecule has 0 bridgehead atoms. The van der Waals surface area contributed by atoms with E-state index in [9.17, 15) is 9.59 Å². The molecule has 0 saturated carbocycles. The van der Waals surface area contributed by atoms with Gasteiger partial charge in [-0.3, -0.25) is 9.59 Å². The molecule has 3 aromatic carbocycles. The molecule has 0 atom stereocenters. The molecular formula is C32H30N2O2S. The first kappa shape index (κ1) is 25.0.